The molecule has 1 fully saturated rings. The third kappa shape index (κ3) is 3.49. The highest BCUT2D eigenvalue weighted by molar-refractivity contribution is 5.67. The molecule has 1 N–H and O–H groups in total. The van der Waals surface area contributed by atoms with Crippen molar-refractivity contribution in [1.29, 1.82) is 0 Å². The van der Waals surface area contributed by atoms with Gasteiger partial charge in [-0.3, -0.25) is 4.98 Å². The summed E-state index contributed by atoms with van der Waals surface area (Å²) in [6.07, 6.45) is 3.64. The summed E-state index contributed by atoms with van der Waals surface area (Å²) < 4.78 is 6.85. The van der Waals surface area contributed by atoms with Crippen molar-refractivity contribution in [2.45, 2.75) is 19.1 Å². The summed E-state index contributed by atoms with van der Waals surface area (Å²) in [5, 5.41) is 15.1. The minimum atomic E-state index is -0.431. The molecule has 1 aliphatic heterocycles. The fourth-order valence-electron chi connectivity index (χ4n) is 2.80. The molecule has 1 aliphatic rings. The molecule has 3 aromatic heterocycles. The minimum Gasteiger partial charge on any atom is -0.443 e. The summed E-state index contributed by atoms with van der Waals surface area (Å²) in [6, 6.07) is 9.30. The maximum atomic E-state index is 11.9. The number of rotatable bonds is 4. The van der Waals surface area contributed by atoms with E-state index >= 15 is 0 Å². The Hall–Kier alpha value is -3.23. The van der Waals surface area contributed by atoms with Crippen LogP contribution in [-0.2, 0) is 11.3 Å². The van der Waals surface area contributed by atoms with Crippen molar-refractivity contribution in [3.63, 3.8) is 0 Å². The van der Waals surface area contributed by atoms with Gasteiger partial charge in [0.2, 0.25) is 0 Å². The first kappa shape index (κ1) is 15.3. The second-order valence-electron chi connectivity index (χ2n) is 5.80. The number of aromatic nitrogens is 5. The number of carbonyl (C=O) groups is 1. The Morgan fingerprint density at radius 2 is 2.28 bits per heavy atom. The van der Waals surface area contributed by atoms with Crippen LogP contribution >= 0.6 is 0 Å². The van der Waals surface area contributed by atoms with Crippen molar-refractivity contribution < 1.29 is 9.53 Å². The fraction of sp³-hybridized carbons (Fsp3) is 0.312. The molecule has 4 rings (SSSR count). The van der Waals surface area contributed by atoms with Gasteiger partial charge in [-0.2, -0.15) is 4.52 Å². The molecule has 0 radical (unpaired) electrons. The third-order valence-electron chi connectivity index (χ3n) is 4.06. The maximum Gasteiger partial charge on any atom is 0.407 e. The second kappa shape index (κ2) is 6.71. The molecule has 1 saturated heterocycles. The van der Waals surface area contributed by atoms with Crippen LogP contribution in [0.4, 0.5) is 10.6 Å². The van der Waals surface area contributed by atoms with E-state index in [1.807, 2.05) is 30.3 Å². The van der Waals surface area contributed by atoms with Crippen LogP contribution in [0, 0.1) is 0 Å². The predicted molar refractivity (Wildman–Crippen MR) is 89.0 cm³/mol. The van der Waals surface area contributed by atoms with Crippen molar-refractivity contribution in [3.8, 4) is 0 Å². The normalized spacial score (nSPS) is 17.0. The highest BCUT2D eigenvalue weighted by Crippen LogP contribution is 2.18. The lowest BCUT2D eigenvalue weighted by molar-refractivity contribution is 0.135. The van der Waals surface area contributed by atoms with Gasteiger partial charge in [0.1, 0.15) is 18.8 Å². The summed E-state index contributed by atoms with van der Waals surface area (Å²) >= 11 is 0. The van der Waals surface area contributed by atoms with Crippen molar-refractivity contribution in [2.24, 2.45) is 0 Å². The zero-order chi connectivity index (χ0) is 17.1. The van der Waals surface area contributed by atoms with Gasteiger partial charge in [-0.05, 0) is 30.7 Å². The van der Waals surface area contributed by atoms with E-state index in [1.165, 1.54) is 0 Å². The van der Waals surface area contributed by atoms with Crippen molar-refractivity contribution >= 4 is 17.6 Å². The van der Waals surface area contributed by atoms with Crippen LogP contribution in [0.3, 0.4) is 0 Å². The quantitative estimate of drug-likeness (QED) is 0.758. The van der Waals surface area contributed by atoms with Crippen LogP contribution in [0.15, 0.2) is 42.9 Å². The maximum absolute atomic E-state index is 11.9. The second-order valence-corrected chi connectivity index (χ2v) is 5.80. The lowest BCUT2D eigenvalue weighted by Crippen LogP contribution is -2.37. The lowest BCUT2D eigenvalue weighted by atomic mass is 10.3. The first-order chi connectivity index (χ1) is 12.3. The van der Waals surface area contributed by atoms with Gasteiger partial charge >= 0.3 is 6.09 Å². The monoisotopic (exact) mass is 339 g/mol. The SMILES string of the molecule is O=C(N[C@H]1CCN(c2ccc3nncn3n2)C1)OCc1ccccn1. The number of hydrogen-bond acceptors (Lipinski definition) is 7. The topological polar surface area (TPSA) is 97.5 Å². The summed E-state index contributed by atoms with van der Waals surface area (Å²) in [7, 11) is 0. The third-order valence-corrected chi connectivity index (χ3v) is 4.06. The molecule has 1 amide bonds. The number of ether oxygens (including phenoxy) is 1. The molecule has 0 bridgehead atoms. The summed E-state index contributed by atoms with van der Waals surface area (Å²) in [4.78, 5) is 18.2. The van der Waals surface area contributed by atoms with Gasteiger partial charge in [0, 0.05) is 19.3 Å². The molecule has 0 aromatic carbocycles. The number of nitrogens with one attached hydrogen (secondary N) is 1. The fourth-order valence-corrected chi connectivity index (χ4v) is 2.80. The van der Waals surface area contributed by atoms with Crippen LogP contribution in [-0.4, -0.2) is 50.0 Å². The Morgan fingerprint density at radius 1 is 1.32 bits per heavy atom. The molecule has 0 unspecified atom stereocenters. The zero-order valence-corrected chi connectivity index (χ0v) is 13.4. The van der Waals surface area contributed by atoms with Gasteiger partial charge in [-0.25, -0.2) is 4.79 Å². The number of anilines is 1. The molecular weight excluding hydrogens is 322 g/mol. The first-order valence-corrected chi connectivity index (χ1v) is 8.03. The lowest BCUT2D eigenvalue weighted by Gasteiger charge is -2.17. The van der Waals surface area contributed by atoms with E-state index in [0.717, 1.165) is 24.5 Å². The number of hydrogen-bond donors (Lipinski definition) is 1. The average molecular weight is 339 g/mol. The molecule has 0 spiro atoms. The van der Waals surface area contributed by atoms with Crippen LogP contribution < -0.4 is 10.2 Å². The summed E-state index contributed by atoms with van der Waals surface area (Å²) in [5.41, 5.74) is 1.42. The van der Waals surface area contributed by atoms with Crippen LogP contribution in [0.2, 0.25) is 0 Å². The Bertz CT molecular complexity index is 867. The standard InChI is InChI=1S/C16H17N7O2/c24-16(25-10-13-3-1-2-7-17-13)19-12-6-8-22(9-12)15-5-4-14-20-18-11-23(14)21-15/h1-5,7,11-12H,6,8-10H2,(H,19,24)/t12-/m0/s1. The molecule has 128 valence electrons. The first-order valence-electron chi connectivity index (χ1n) is 8.03. The summed E-state index contributed by atoms with van der Waals surface area (Å²) in [5.74, 6) is 0.832. The van der Waals surface area contributed by atoms with E-state index in [-0.39, 0.29) is 12.6 Å². The van der Waals surface area contributed by atoms with E-state index < -0.39 is 6.09 Å². The van der Waals surface area contributed by atoms with E-state index in [4.69, 9.17) is 4.74 Å². The van der Waals surface area contributed by atoms with Gasteiger partial charge in [0.25, 0.3) is 0 Å². The highest BCUT2D eigenvalue weighted by Gasteiger charge is 2.25. The van der Waals surface area contributed by atoms with E-state index in [0.29, 0.717) is 12.2 Å². The Labute approximate surface area is 143 Å². The smallest absolute Gasteiger partial charge is 0.407 e. The van der Waals surface area contributed by atoms with Gasteiger partial charge in [-0.15, -0.1) is 15.3 Å². The van der Waals surface area contributed by atoms with E-state index in [9.17, 15) is 4.79 Å². The minimum absolute atomic E-state index is 0.0228. The molecule has 25 heavy (non-hydrogen) atoms. The Morgan fingerprint density at radius 3 is 3.16 bits per heavy atom. The van der Waals surface area contributed by atoms with Crippen LogP contribution in [0.25, 0.3) is 5.65 Å². The predicted octanol–water partition coefficient (Wildman–Crippen LogP) is 1.02. The van der Waals surface area contributed by atoms with Crippen molar-refractivity contribution in [3.05, 3.63) is 48.5 Å². The van der Waals surface area contributed by atoms with Crippen LogP contribution in [0.1, 0.15) is 12.1 Å². The van der Waals surface area contributed by atoms with Gasteiger partial charge in [0.15, 0.2) is 5.65 Å². The van der Waals surface area contributed by atoms with Gasteiger partial charge in [0.05, 0.1) is 11.7 Å². The van der Waals surface area contributed by atoms with Crippen molar-refractivity contribution in [1.82, 2.24) is 30.1 Å². The molecule has 9 heteroatoms. The van der Waals surface area contributed by atoms with Crippen molar-refractivity contribution in [2.75, 3.05) is 18.0 Å². The Balaban J connectivity index is 1.30. The molecule has 1 atom stereocenters. The highest BCUT2D eigenvalue weighted by atomic mass is 16.5. The Kier molecular flexibility index (Phi) is 4.11. The molecule has 4 heterocycles. The number of pyridine rings is 1. The average Bonchev–Trinajstić information content (AvgIpc) is 3.29. The number of nitrogens with zero attached hydrogens (tertiary/aromatic N) is 6. The van der Waals surface area contributed by atoms with Gasteiger partial charge in [-0.1, -0.05) is 6.07 Å². The number of alkyl carbamates (subject to hydrolysis) is 1. The molecule has 3 aromatic rings. The zero-order valence-electron chi connectivity index (χ0n) is 13.4. The van der Waals surface area contributed by atoms with Gasteiger partial charge < -0.3 is 15.0 Å². The van der Waals surface area contributed by atoms with E-state index in [2.05, 4.69) is 30.5 Å². The molecule has 0 aliphatic carbocycles. The molecule has 9 nitrogen and oxygen atoms in total. The number of carbonyl (C=O) groups excluding carboxylic acids is 1. The van der Waals surface area contributed by atoms with Crippen LogP contribution in [0.5, 0.6) is 0 Å². The number of amides is 1. The van der Waals surface area contributed by atoms with E-state index in [1.54, 1.807) is 17.0 Å². The molecule has 0 saturated carbocycles. The number of fused-ring (bicyclic) bond motifs is 1. The summed E-state index contributed by atoms with van der Waals surface area (Å²) in [6.45, 7) is 1.65. The molecular formula is C16H17N7O2. The largest absolute Gasteiger partial charge is 0.443 e.